The molecule has 0 bridgehead atoms. The van der Waals surface area contributed by atoms with Crippen molar-refractivity contribution in [3.63, 3.8) is 0 Å². The second-order valence-corrected chi connectivity index (χ2v) is 6.85. The molecule has 110 valence electrons. The van der Waals surface area contributed by atoms with E-state index in [9.17, 15) is 9.90 Å². The fourth-order valence-corrected chi connectivity index (χ4v) is 3.29. The van der Waals surface area contributed by atoms with Crippen molar-refractivity contribution in [1.82, 2.24) is 5.32 Å². The van der Waals surface area contributed by atoms with Crippen molar-refractivity contribution in [2.75, 3.05) is 13.2 Å². The molecule has 0 aliphatic heterocycles. The van der Waals surface area contributed by atoms with Crippen LogP contribution in [0.3, 0.4) is 0 Å². The third kappa shape index (κ3) is 3.74. The van der Waals surface area contributed by atoms with Gasteiger partial charge in [-0.3, -0.25) is 4.79 Å². The summed E-state index contributed by atoms with van der Waals surface area (Å²) in [5, 5.41) is 13.0. The molecule has 1 fully saturated rings. The number of amides is 1. The first-order chi connectivity index (χ1) is 9.56. The topological polar surface area (TPSA) is 49.3 Å². The number of halogens is 2. The maximum Gasteiger partial charge on any atom is 0.252 e. The highest BCUT2D eigenvalue weighted by molar-refractivity contribution is 9.10. The minimum Gasteiger partial charge on any atom is -0.396 e. The average Bonchev–Trinajstić information content (AvgIpc) is 2.48. The predicted octanol–water partition coefficient (Wildman–Crippen LogP) is 3.78. The first-order valence-electron chi connectivity index (χ1n) is 6.90. The molecule has 1 saturated carbocycles. The molecule has 1 amide bonds. The molecule has 0 unspecified atom stereocenters. The van der Waals surface area contributed by atoms with Gasteiger partial charge in [0.1, 0.15) is 0 Å². The van der Waals surface area contributed by atoms with E-state index in [1.807, 2.05) is 0 Å². The second-order valence-electron chi connectivity index (χ2n) is 5.53. The van der Waals surface area contributed by atoms with Crippen LogP contribution in [0.15, 0.2) is 22.7 Å². The van der Waals surface area contributed by atoms with Crippen molar-refractivity contribution < 1.29 is 9.90 Å². The third-order valence-corrected chi connectivity index (χ3v) is 4.87. The molecule has 1 aromatic rings. The molecular weight excluding hydrogens is 342 g/mol. The van der Waals surface area contributed by atoms with Gasteiger partial charge in [0, 0.05) is 16.4 Å². The maximum absolute atomic E-state index is 12.2. The number of carbonyl (C=O) groups is 1. The van der Waals surface area contributed by atoms with Crippen LogP contribution in [0, 0.1) is 5.41 Å². The van der Waals surface area contributed by atoms with Gasteiger partial charge in [0.15, 0.2) is 0 Å². The highest BCUT2D eigenvalue weighted by Gasteiger charge is 2.31. The standard InChI is InChI=1S/C15H19BrClNO2/c16-11-4-5-13(17)12(8-11)14(20)18-9-15(10-19)6-2-1-3-7-15/h4-5,8,19H,1-3,6-7,9-10H2,(H,18,20). The quantitative estimate of drug-likeness (QED) is 0.858. The van der Waals surface area contributed by atoms with Gasteiger partial charge in [0.2, 0.25) is 0 Å². The Morgan fingerprint density at radius 1 is 1.35 bits per heavy atom. The van der Waals surface area contributed by atoms with Gasteiger partial charge in [-0.25, -0.2) is 0 Å². The molecule has 1 aliphatic rings. The summed E-state index contributed by atoms with van der Waals surface area (Å²) < 4.78 is 0.821. The van der Waals surface area contributed by atoms with Crippen molar-refractivity contribution in [3.8, 4) is 0 Å². The van der Waals surface area contributed by atoms with Crippen LogP contribution in [0.25, 0.3) is 0 Å². The van der Waals surface area contributed by atoms with Gasteiger partial charge in [0.25, 0.3) is 5.91 Å². The van der Waals surface area contributed by atoms with Crippen molar-refractivity contribution in [3.05, 3.63) is 33.3 Å². The minimum atomic E-state index is -0.185. The van der Waals surface area contributed by atoms with Gasteiger partial charge in [-0.2, -0.15) is 0 Å². The van der Waals surface area contributed by atoms with Crippen LogP contribution in [0.4, 0.5) is 0 Å². The van der Waals surface area contributed by atoms with Crippen molar-refractivity contribution in [1.29, 1.82) is 0 Å². The van der Waals surface area contributed by atoms with E-state index in [-0.39, 0.29) is 17.9 Å². The molecule has 2 N–H and O–H groups in total. The molecule has 2 rings (SSSR count). The van der Waals surface area contributed by atoms with Crippen LogP contribution < -0.4 is 5.32 Å². The predicted molar refractivity (Wildman–Crippen MR) is 84.1 cm³/mol. The molecular formula is C15H19BrClNO2. The van der Waals surface area contributed by atoms with E-state index in [1.165, 1.54) is 6.42 Å². The van der Waals surface area contributed by atoms with Gasteiger partial charge in [-0.1, -0.05) is 46.8 Å². The molecule has 3 nitrogen and oxygen atoms in total. The van der Waals surface area contributed by atoms with Crippen LogP contribution in [-0.2, 0) is 0 Å². The molecule has 0 heterocycles. The summed E-state index contributed by atoms with van der Waals surface area (Å²) in [7, 11) is 0. The Labute approximate surface area is 132 Å². The number of hydrogen-bond donors (Lipinski definition) is 2. The van der Waals surface area contributed by atoms with E-state index in [0.717, 1.165) is 30.2 Å². The van der Waals surface area contributed by atoms with Gasteiger partial charge in [-0.15, -0.1) is 0 Å². The average molecular weight is 361 g/mol. The number of aliphatic hydroxyl groups is 1. The Kier molecular flexibility index (Phi) is 5.47. The van der Waals surface area contributed by atoms with Gasteiger partial charge >= 0.3 is 0 Å². The summed E-state index contributed by atoms with van der Waals surface area (Å²) in [4.78, 5) is 12.2. The van der Waals surface area contributed by atoms with Crippen molar-refractivity contribution in [2.24, 2.45) is 5.41 Å². The van der Waals surface area contributed by atoms with Crippen LogP contribution in [0.2, 0.25) is 5.02 Å². The van der Waals surface area contributed by atoms with Gasteiger partial charge in [-0.05, 0) is 31.0 Å². The fraction of sp³-hybridized carbons (Fsp3) is 0.533. The summed E-state index contributed by atoms with van der Waals surface area (Å²) >= 11 is 9.39. The van der Waals surface area contributed by atoms with Crippen molar-refractivity contribution >= 4 is 33.4 Å². The molecule has 0 atom stereocenters. The van der Waals surface area contributed by atoms with Crippen LogP contribution in [-0.4, -0.2) is 24.2 Å². The molecule has 0 aromatic heterocycles. The molecule has 20 heavy (non-hydrogen) atoms. The lowest BCUT2D eigenvalue weighted by Crippen LogP contribution is -2.41. The Bertz CT molecular complexity index is 487. The van der Waals surface area contributed by atoms with Crippen LogP contribution >= 0.6 is 27.5 Å². The molecule has 5 heteroatoms. The highest BCUT2D eigenvalue weighted by atomic mass is 79.9. The number of hydrogen-bond acceptors (Lipinski definition) is 2. The Balaban J connectivity index is 2.02. The molecule has 1 aliphatic carbocycles. The molecule has 1 aromatic carbocycles. The normalized spacial score (nSPS) is 17.8. The van der Waals surface area contributed by atoms with E-state index in [1.54, 1.807) is 18.2 Å². The van der Waals surface area contributed by atoms with E-state index >= 15 is 0 Å². The number of benzene rings is 1. The van der Waals surface area contributed by atoms with Gasteiger partial charge < -0.3 is 10.4 Å². The number of carbonyl (C=O) groups excluding carboxylic acids is 1. The Hall–Kier alpha value is -0.580. The van der Waals surface area contributed by atoms with E-state index in [0.29, 0.717) is 17.1 Å². The number of nitrogens with one attached hydrogen (secondary N) is 1. The molecule has 0 spiro atoms. The zero-order chi connectivity index (χ0) is 14.6. The van der Waals surface area contributed by atoms with Crippen LogP contribution in [0.5, 0.6) is 0 Å². The van der Waals surface area contributed by atoms with Gasteiger partial charge in [0.05, 0.1) is 17.2 Å². The largest absolute Gasteiger partial charge is 0.396 e. The summed E-state index contributed by atoms with van der Waals surface area (Å²) in [5.41, 5.74) is 0.303. The van der Waals surface area contributed by atoms with E-state index < -0.39 is 0 Å². The summed E-state index contributed by atoms with van der Waals surface area (Å²) in [6, 6.07) is 5.21. The maximum atomic E-state index is 12.2. The second kappa shape index (κ2) is 6.92. The number of aliphatic hydroxyl groups excluding tert-OH is 1. The van der Waals surface area contributed by atoms with E-state index in [4.69, 9.17) is 11.6 Å². The smallest absolute Gasteiger partial charge is 0.252 e. The van der Waals surface area contributed by atoms with E-state index in [2.05, 4.69) is 21.2 Å². The monoisotopic (exact) mass is 359 g/mol. The SMILES string of the molecule is O=C(NCC1(CO)CCCCC1)c1cc(Br)ccc1Cl. The minimum absolute atomic E-state index is 0.125. The lowest BCUT2D eigenvalue weighted by Gasteiger charge is -2.35. The fourth-order valence-electron chi connectivity index (χ4n) is 2.73. The summed E-state index contributed by atoms with van der Waals surface area (Å²) in [6.45, 7) is 0.630. The lowest BCUT2D eigenvalue weighted by atomic mass is 9.74. The highest BCUT2D eigenvalue weighted by Crippen LogP contribution is 2.35. The van der Waals surface area contributed by atoms with Crippen LogP contribution in [0.1, 0.15) is 42.5 Å². The third-order valence-electron chi connectivity index (χ3n) is 4.05. The zero-order valence-electron chi connectivity index (χ0n) is 11.3. The van der Waals surface area contributed by atoms with Crippen molar-refractivity contribution in [2.45, 2.75) is 32.1 Å². The first kappa shape index (κ1) is 15.8. The first-order valence-corrected chi connectivity index (χ1v) is 8.08. The summed E-state index contributed by atoms with van der Waals surface area (Å²) in [6.07, 6.45) is 5.39. The summed E-state index contributed by atoms with van der Waals surface area (Å²) in [5.74, 6) is -0.185. The Morgan fingerprint density at radius 3 is 2.70 bits per heavy atom. The Morgan fingerprint density at radius 2 is 2.05 bits per heavy atom. The zero-order valence-corrected chi connectivity index (χ0v) is 13.6. The molecule has 0 saturated heterocycles. The molecule has 0 radical (unpaired) electrons. The lowest BCUT2D eigenvalue weighted by molar-refractivity contribution is 0.0718. The number of rotatable bonds is 4.